The number of aliphatic hydroxyl groups excluding tert-OH is 1. The minimum atomic E-state index is -0.415. The van der Waals surface area contributed by atoms with E-state index in [0.717, 1.165) is 0 Å². The molecule has 1 fully saturated rings. The Hall–Kier alpha value is -1.10. The van der Waals surface area contributed by atoms with Crippen LogP contribution >= 0.6 is 0 Å². The maximum absolute atomic E-state index is 11.8. The Labute approximate surface area is 95.6 Å². The summed E-state index contributed by atoms with van der Waals surface area (Å²) in [5.41, 5.74) is 0. The van der Waals surface area contributed by atoms with Crippen LogP contribution in [0.25, 0.3) is 0 Å². The first-order valence-corrected chi connectivity index (χ1v) is 5.74. The molecule has 0 radical (unpaired) electrons. The molecular weight excluding hydrogens is 208 g/mol. The highest BCUT2D eigenvalue weighted by molar-refractivity contribution is 5.83. The summed E-state index contributed by atoms with van der Waals surface area (Å²) < 4.78 is 0. The van der Waals surface area contributed by atoms with Crippen LogP contribution in [0, 0.1) is 5.92 Å². The van der Waals surface area contributed by atoms with Crippen molar-refractivity contribution in [2.24, 2.45) is 5.92 Å². The van der Waals surface area contributed by atoms with Gasteiger partial charge in [0.25, 0.3) is 0 Å². The largest absolute Gasteiger partial charge is 0.393 e. The molecule has 0 aromatic rings. The highest BCUT2D eigenvalue weighted by Crippen LogP contribution is 2.11. The second-order valence-corrected chi connectivity index (χ2v) is 4.53. The molecule has 0 aromatic heterocycles. The molecular formula is C11H20N2O3. The van der Waals surface area contributed by atoms with Crippen LogP contribution in [-0.4, -0.2) is 35.6 Å². The lowest BCUT2D eigenvalue weighted by Crippen LogP contribution is -2.45. The Morgan fingerprint density at radius 3 is 2.81 bits per heavy atom. The van der Waals surface area contributed by atoms with Crippen LogP contribution in [0.2, 0.25) is 0 Å². The van der Waals surface area contributed by atoms with Crippen LogP contribution in [0.4, 0.5) is 0 Å². The van der Waals surface area contributed by atoms with E-state index in [4.69, 9.17) is 0 Å². The Morgan fingerprint density at radius 1 is 1.62 bits per heavy atom. The molecule has 1 rings (SSSR count). The van der Waals surface area contributed by atoms with Crippen molar-refractivity contribution < 1.29 is 14.7 Å². The number of amides is 2. The van der Waals surface area contributed by atoms with Crippen molar-refractivity contribution >= 4 is 11.8 Å². The molecule has 92 valence electrons. The highest BCUT2D eigenvalue weighted by atomic mass is 16.3. The molecule has 0 spiro atoms. The van der Waals surface area contributed by atoms with E-state index in [1.165, 1.54) is 0 Å². The number of rotatable bonds is 4. The normalized spacial score (nSPS) is 24.4. The molecule has 1 saturated heterocycles. The van der Waals surface area contributed by atoms with E-state index in [1.807, 2.05) is 6.92 Å². The zero-order valence-electron chi connectivity index (χ0n) is 9.82. The zero-order chi connectivity index (χ0) is 12.1. The van der Waals surface area contributed by atoms with Crippen molar-refractivity contribution in [1.82, 2.24) is 10.6 Å². The van der Waals surface area contributed by atoms with Crippen molar-refractivity contribution in [3.05, 3.63) is 0 Å². The Morgan fingerprint density at radius 2 is 2.31 bits per heavy atom. The second-order valence-electron chi connectivity index (χ2n) is 4.53. The summed E-state index contributed by atoms with van der Waals surface area (Å²) in [5, 5.41) is 14.7. The van der Waals surface area contributed by atoms with Crippen LogP contribution in [0.15, 0.2) is 0 Å². The summed E-state index contributed by atoms with van der Waals surface area (Å²) in [6.45, 7) is 3.99. The number of nitrogens with one attached hydrogen (secondary N) is 2. The van der Waals surface area contributed by atoms with Gasteiger partial charge in [0, 0.05) is 19.0 Å². The van der Waals surface area contributed by atoms with Gasteiger partial charge in [-0.15, -0.1) is 0 Å². The van der Waals surface area contributed by atoms with Gasteiger partial charge in [-0.25, -0.2) is 0 Å². The fourth-order valence-corrected chi connectivity index (χ4v) is 1.89. The number of carbonyl (C=O) groups is 2. The van der Waals surface area contributed by atoms with E-state index < -0.39 is 6.10 Å². The van der Waals surface area contributed by atoms with Crippen LogP contribution in [0.3, 0.4) is 0 Å². The third-order valence-electron chi connectivity index (χ3n) is 2.72. The number of carbonyl (C=O) groups excluding carboxylic acids is 2. The van der Waals surface area contributed by atoms with Gasteiger partial charge in [0.15, 0.2) is 0 Å². The summed E-state index contributed by atoms with van der Waals surface area (Å²) in [4.78, 5) is 22.7. The summed E-state index contributed by atoms with van der Waals surface area (Å²) >= 11 is 0. The van der Waals surface area contributed by atoms with Gasteiger partial charge < -0.3 is 15.7 Å². The van der Waals surface area contributed by atoms with Gasteiger partial charge in [0.05, 0.1) is 12.0 Å². The van der Waals surface area contributed by atoms with E-state index in [2.05, 4.69) is 10.6 Å². The molecule has 2 amide bonds. The van der Waals surface area contributed by atoms with Crippen LogP contribution in [0.1, 0.15) is 33.1 Å². The maximum atomic E-state index is 11.8. The van der Waals surface area contributed by atoms with E-state index >= 15 is 0 Å². The minimum absolute atomic E-state index is 0.0149. The van der Waals surface area contributed by atoms with Gasteiger partial charge in [-0.2, -0.15) is 0 Å². The fourth-order valence-electron chi connectivity index (χ4n) is 1.89. The van der Waals surface area contributed by atoms with Crippen LogP contribution in [-0.2, 0) is 9.59 Å². The predicted octanol–water partition coefficient (Wildman–Crippen LogP) is -0.212. The molecule has 16 heavy (non-hydrogen) atoms. The minimum Gasteiger partial charge on any atom is -0.393 e. The van der Waals surface area contributed by atoms with E-state index in [1.54, 1.807) is 6.92 Å². The van der Waals surface area contributed by atoms with Crippen molar-refractivity contribution in [1.29, 1.82) is 0 Å². The molecule has 0 saturated carbocycles. The van der Waals surface area contributed by atoms with E-state index in [0.29, 0.717) is 25.8 Å². The van der Waals surface area contributed by atoms with Gasteiger partial charge in [-0.1, -0.05) is 0 Å². The highest BCUT2D eigenvalue weighted by Gasteiger charge is 2.25. The maximum Gasteiger partial charge on any atom is 0.225 e. The topological polar surface area (TPSA) is 78.4 Å². The molecule has 0 aromatic carbocycles. The smallest absolute Gasteiger partial charge is 0.225 e. The third-order valence-corrected chi connectivity index (χ3v) is 2.72. The molecule has 1 heterocycles. The van der Waals surface area contributed by atoms with Gasteiger partial charge >= 0.3 is 0 Å². The first-order chi connectivity index (χ1) is 7.49. The van der Waals surface area contributed by atoms with Gasteiger partial charge in [0.2, 0.25) is 11.8 Å². The number of piperidine rings is 1. The van der Waals surface area contributed by atoms with Crippen molar-refractivity contribution in [2.45, 2.75) is 45.3 Å². The molecule has 1 aliphatic heterocycles. The Kier molecular flexibility index (Phi) is 4.73. The zero-order valence-corrected chi connectivity index (χ0v) is 9.82. The van der Waals surface area contributed by atoms with Gasteiger partial charge in [0.1, 0.15) is 0 Å². The Bertz CT molecular complexity index is 256. The summed E-state index contributed by atoms with van der Waals surface area (Å²) in [5.74, 6) is -0.150. The van der Waals surface area contributed by atoms with E-state index in [-0.39, 0.29) is 23.8 Å². The molecule has 3 atom stereocenters. The first kappa shape index (κ1) is 13.0. The summed E-state index contributed by atoms with van der Waals surface area (Å²) in [6, 6.07) is -0.0369. The van der Waals surface area contributed by atoms with Crippen molar-refractivity contribution in [3.63, 3.8) is 0 Å². The average molecular weight is 228 g/mol. The van der Waals surface area contributed by atoms with Gasteiger partial charge in [-0.3, -0.25) is 9.59 Å². The predicted molar refractivity (Wildman–Crippen MR) is 59.6 cm³/mol. The van der Waals surface area contributed by atoms with Crippen molar-refractivity contribution in [2.75, 3.05) is 6.54 Å². The number of hydrogen-bond donors (Lipinski definition) is 3. The molecule has 5 nitrogen and oxygen atoms in total. The third kappa shape index (κ3) is 4.18. The monoisotopic (exact) mass is 228 g/mol. The average Bonchev–Trinajstić information content (AvgIpc) is 2.16. The van der Waals surface area contributed by atoms with Crippen molar-refractivity contribution in [3.8, 4) is 0 Å². The molecule has 1 aliphatic rings. The number of hydrogen-bond acceptors (Lipinski definition) is 3. The SMILES string of the molecule is CC(O)CC(C)NC(=O)C1CCC(=O)NC1. The molecule has 0 bridgehead atoms. The lowest BCUT2D eigenvalue weighted by atomic mass is 9.98. The first-order valence-electron chi connectivity index (χ1n) is 5.74. The fraction of sp³-hybridized carbons (Fsp3) is 0.818. The quantitative estimate of drug-likeness (QED) is 0.623. The lowest BCUT2D eigenvalue weighted by molar-refractivity contribution is -0.129. The second kappa shape index (κ2) is 5.84. The van der Waals surface area contributed by atoms with Crippen LogP contribution in [0.5, 0.6) is 0 Å². The van der Waals surface area contributed by atoms with Crippen LogP contribution < -0.4 is 10.6 Å². The van der Waals surface area contributed by atoms with E-state index in [9.17, 15) is 14.7 Å². The standard InChI is InChI=1S/C11H20N2O3/c1-7(5-8(2)14)13-11(16)9-3-4-10(15)12-6-9/h7-9,14H,3-6H2,1-2H3,(H,12,15)(H,13,16). The van der Waals surface area contributed by atoms with Gasteiger partial charge in [-0.05, 0) is 26.7 Å². The Balaban J connectivity index is 2.31. The lowest BCUT2D eigenvalue weighted by Gasteiger charge is -2.24. The summed E-state index contributed by atoms with van der Waals surface area (Å²) in [7, 11) is 0. The summed E-state index contributed by atoms with van der Waals surface area (Å²) in [6.07, 6.45) is 1.16. The molecule has 5 heteroatoms. The number of aliphatic hydroxyl groups is 1. The molecule has 0 aliphatic carbocycles. The molecule has 3 unspecified atom stereocenters. The molecule has 3 N–H and O–H groups in total.